The molecule has 2 heteroatoms. The summed E-state index contributed by atoms with van der Waals surface area (Å²) in [5.74, 6) is 1.11. The number of rotatable bonds is 9. The molecule has 17 heavy (non-hydrogen) atoms. The Labute approximate surface area is 116 Å². The van der Waals surface area contributed by atoms with E-state index in [0.717, 1.165) is 15.5 Å². The molecule has 0 amide bonds. The van der Waals surface area contributed by atoms with E-state index in [4.69, 9.17) is 12.2 Å². The quantitative estimate of drug-likeness (QED) is 0.234. The molecule has 0 radical (unpaired) electrons. The van der Waals surface area contributed by atoms with Crippen LogP contribution >= 0.6 is 24.0 Å². The summed E-state index contributed by atoms with van der Waals surface area (Å²) in [6, 6.07) is 0. The van der Waals surface area contributed by atoms with Crippen molar-refractivity contribution >= 4 is 28.2 Å². The van der Waals surface area contributed by atoms with Crippen molar-refractivity contribution in [2.75, 3.05) is 5.75 Å². The smallest absolute Gasteiger partial charge is 0.0778 e. The molecule has 0 saturated heterocycles. The van der Waals surface area contributed by atoms with Crippen LogP contribution in [0.5, 0.6) is 0 Å². The molecule has 0 rings (SSSR count). The van der Waals surface area contributed by atoms with Crippen LogP contribution in [0, 0.1) is 0 Å². The average molecular weight is 266 g/mol. The number of hydrogen-bond acceptors (Lipinski definition) is 2. The van der Waals surface area contributed by atoms with Gasteiger partial charge in [0.15, 0.2) is 0 Å². The Bertz CT molecular complexity index is 298. The van der Waals surface area contributed by atoms with Crippen molar-refractivity contribution in [3.05, 3.63) is 49.1 Å². The SMILES string of the molecule is C=C/C=C\C(=C/C=C)C(=S)SCCCCCC. The molecule has 0 unspecified atom stereocenters. The molecule has 0 aromatic heterocycles. The van der Waals surface area contributed by atoms with Crippen LogP contribution in [0.4, 0.5) is 0 Å². The largest absolute Gasteiger partial charge is 0.114 e. The van der Waals surface area contributed by atoms with Gasteiger partial charge in [0, 0.05) is 0 Å². The van der Waals surface area contributed by atoms with Crippen molar-refractivity contribution in [2.45, 2.75) is 32.6 Å². The van der Waals surface area contributed by atoms with Crippen molar-refractivity contribution in [3.63, 3.8) is 0 Å². The molecule has 94 valence electrons. The van der Waals surface area contributed by atoms with Crippen LogP contribution in [0.25, 0.3) is 0 Å². The zero-order chi connectivity index (χ0) is 12.9. The molecule has 0 aromatic rings. The molecule has 0 nitrogen and oxygen atoms in total. The van der Waals surface area contributed by atoms with Gasteiger partial charge in [0.1, 0.15) is 0 Å². The van der Waals surface area contributed by atoms with Gasteiger partial charge in [-0.15, -0.1) is 11.8 Å². The highest BCUT2D eigenvalue weighted by molar-refractivity contribution is 8.23. The van der Waals surface area contributed by atoms with Gasteiger partial charge in [-0.3, -0.25) is 0 Å². The van der Waals surface area contributed by atoms with E-state index < -0.39 is 0 Å². The maximum absolute atomic E-state index is 5.39. The molecule has 0 N–H and O–H groups in total. The van der Waals surface area contributed by atoms with Crippen molar-refractivity contribution in [1.82, 2.24) is 0 Å². The average Bonchev–Trinajstić information content (AvgIpc) is 2.34. The second-order valence-electron chi connectivity index (χ2n) is 3.65. The van der Waals surface area contributed by atoms with Crippen LogP contribution in [-0.4, -0.2) is 9.95 Å². The highest BCUT2D eigenvalue weighted by Gasteiger charge is 2.01. The Balaban J connectivity index is 4.07. The predicted octanol–water partition coefficient (Wildman–Crippen LogP) is 5.48. The van der Waals surface area contributed by atoms with Gasteiger partial charge < -0.3 is 0 Å². The van der Waals surface area contributed by atoms with E-state index in [-0.39, 0.29) is 0 Å². The molecule has 0 fully saturated rings. The minimum Gasteiger partial charge on any atom is -0.114 e. The topological polar surface area (TPSA) is 0 Å². The van der Waals surface area contributed by atoms with E-state index in [1.54, 1.807) is 23.9 Å². The summed E-state index contributed by atoms with van der Waals surface area (Å²) in [6.45, 7) is 9.59. The summed E-state index contributed by atoms with van der Waals surface area (Å²) < 4.78 is 0.944. The maximum Gasteiger partial charge on any atom is 0.0778 e. The number of thiocarbonyl (C=S) groups is 1. The van der Waals surface area contributed by atoms with Gasteiger partial charge >= 0.3 is 0 Å². The second kappa shape index (κ2) is 11.9. The van der Waals surface area contributed by atoms with Crippen LogP contribution in [0.1, 0.15) is 32.6 Å². The molecular weight excluding hydrogens is 244 g/mol. The van der Waals surface area contributed by atoms with E-state index in [2.05, 4.69) is 20.1 Å². The molecule has 0 aliphatic heterocycles. The Hall–Kier alpha value is -0.600. The Morgan fingerprint density at radius 3 is 2.53 bits per heavy atom. The molecule has 0 heterocycles. The maximum atomic E-state index is 5.39. The van der Waals surface area contributed by atoms with E-state index in [9.17, 15) is 0 Å². The Morgan fingerprint density at radius 2 is 1.94 bits per heavy atom. The first-order chi connectivity index (χ1) is 8.26. The lowest BCUT2D eigenvalue weighted by molar-refractivity contribution is 0.707. The van der Waals surface area contributed by atoms with Gasteiger partial charge in [-0.05, 0) is 17.7 Å². The molecule has 0 aliphatic rings. The minimum absolute atomic E-state index is 0.944. The van der Waals surface area contributed by atoms with Crippen molar-refractivity contribution in [1.29, 1.82) is 0 Å². The number of unbranched alkanes of at least 4 members (excludes halogenated alkanes) is 3. The number of hydrogen-bond donors (Lipinski definition) is 0. The van der Waals surface area contributed by atoms with Gasteiger partial charge in [0.05, 0.1) is 4.20 Å². The fourth-order valence-electron chi connectivity index (χ4n) is 1.27. The van der Waals surface area contributed by atoms with Crippen LogP contribution in [0.2, 0.25) is 0 Å². The van der Waals surface area contributed by atoms with Crippen LogP contribution in [0.3, 0.4) is 0 Å². The fourth-order valence-corrected chi connectivity index (χ4v) is 2.49. The van der Waals surface area contributed by atoms with Gasteiger partial charge in [0.2, 0.25) is 0 Å². The van der Waals surface area contributed by atoms with Crippen LogP contribution in [0.15, 0.2) is 49.1 Å². The summed E-state index contributed by atoms with van der Waals surface area (Å²) in [7, 11) is 0. The first-order valence-corrected chi connectivity index (χ1v) is 7.44. The normalized spacial score (nSPS) is 11.7. The molecule has 0 spiro atoms. The van der Waals surface area contributed by atoms with E-state index >= 15 is 0 Å². The second-order valence-corrected chi connectivity index (χ2v) is 5.42. The summed E-state index contributed by atoms with van der Waals surface area (Å²) in [5.41, 5.74) is 1.05. The molecule has 0 saturated carbocycles. The van der Waals surface area contributed by atoms with Gasteiger partial charge in [-0.2, -0.15) is 0 Å². The lowest BCUT2D eigenvalue weighted by Gasteiger charge is -2.04. The molecule has 0 aliphatic carbocycles. The monoisotopic (exact) mass is 266 g/mol. The van der Waals surface area contributed by atoms with E-state index in [0.29, 0.717) is 0 Å². The highest BCUT2D eigenvalue weighted by atomic mass is 32.2. The zero-order valence-electron chi connectivity index (χ0n) is 10.7. The lowest BCUT2D eigenvalue weighted by atomic mass is 10.2. The Morgan fingerprint density at radius 1 is 1.18 bits per heavy atom. The van der Waals surface area contributed by atoms with Gasteiger partial charge in [-0.1, -0.05) is 81.9 Å². The first-order valence-electron chi connectivity index (χ1n) is 6.05. The standard InChI is InChI=1S/C15H22S2/c1-4-7-9-10-13-17-15(16)14(11-6-3)12-8-5-2/h5-6,8,11-12H,2-4,7,9-10,13H2,1H3/b12-8-,14-11+. The van der Waals surface area contributed by atoms with Gasteiger partial charge in [-0.25, -0.2) is 0 Å². The molecule has 0 atom stereocenters. The third-order valence-electron chi connectivity index (χ3n) is 2.18. The van der Waals surface area contributed by atoms with E-state index in [1.807, 2.05) is 18.2 Å². The molecule has 0 aromatic carbocycles. The summed E-state index contributed by atoms with van der Waals surface area (Å²) >= 11 is 7.15. The minimum atomic E-state index is 0.944. The fraction of sp³-hybridized carbons (Fsp3) is 0.400. The third-order valence-corrected chi connectivity index (χ3v) is 3.76. The van der Waals surface area contributed by atoms with Crippen LogP contribution in [-0.2, 0) is 0 Å². The van der Waals surface area contributed by atoms with Crippen LogP contribution < -0.4 is 0 Å². The van der Waals surface area contributed by atoms with E-state index in [1.165, 1.54) is 25.7 Å². The van der Waals surface area contributed by atoms with Crippen molar-refractivity contribution in [2.24, 2.45) is 0 Å². The zero-order valence-corrected chi connectivity index (χ0v) is 12.3. The van der Waals surface area contributed by atoms with Crippen molar-refractivity contribution < 1.29 is 0 Å². The molecule has 0 bridgehead atoms. The highest BCUT2D eigenvalue weighted by Crippen LogP contribution is 2.17. The van der Waals surface area contributed by atoms with Crippen molar-refractivity contribution in [3.8, 4) is 0 Å². The predicted molar refractivity (Wildman–Crippen MR) is 86.8 cm³/mol. The summed E-state index contributed by atoms with van der Waals surface area (Å²) in [4.78, 5) is 0. The molecular formula is C15H22S2. The number of allylic oxidation sites excluding steroid dienone is 5. The first kappa shape index (κ1) is 16.4. The summed E-state index contributed by atoms with van der Waals surface area (Å²) in [5, 5.41) is 0. The lowest BCUT2D eigenvalue weighted by Crippen LogP contribution is -1.93. The summed E-state index contributed by atoms with van der Waals surface area (Å²) in [6.07, 6.45) is 14.5. The van der Waals surface area contributed by atoms with Gasteiger partial charge in [0.25, 0.3) is 0 Å². The third kappa shape index (κ3) is 9.13. The number of thioether (sulfide) groups is 1. The Kier molecular flexibility index (Phi) is 11.5.